The van der Waals surface area contributed by atoms with Crippen LogP contribution in [0.5, 0.6) is 0 Å². The summed E-state index contributed by atoms with van der Waals surface area (Å²) >= 11 is 4.24. The summed E-state index contributed by atoms with van der Waals surface area (Å²) < 4.78 is 5.99. The van der Waals surface area contributed by atoms with Gasteiger partial charge in [0.25, 0.3) is 0 Å². The first-order chi connectivity index (χ1) is 24.2. The van der Waals surface area contributed by atoms with E-state index in [2.05, 4.69) is 189 Å². The molecule has 3 heteroatoms. The van der Waals surface area contributed by atoms with Crippen LogP contribution in [-0.4, -0.2) is 9.13 Å². The standard InChI is InChI=1S/C46H27BrN2/c47-45-40(48-39-23-21-28-10-5-7-16-34(28)44(39)38-25-31-13-2-4-15-33(31)27-43(38)48)18-9-19-41(45)49-42-26-32-14-3-1-12-30(32)24-37(42)36-22-20-29-11-6-8-17-35(29)46(36)49/h1-27H. The minimum absolute atomic E-state index is 1.05. The number of nitrogens with zero attached hydrogens (tertiary/aromatic N) is 2. The molecule has 0 unspecified atom stereocenters. The third kappa shape index (κ3) is 3.76. The Morgan fingerprint density at radius 3 is 1.53 bits per heavy atom. The molecule has 0 radical (unpaired) electrons. The minimum atomic E-state index is 1.05. The van der Waals surface area contributed by atoms with Crippen LogP contribution >= 0.6 is 15.9 Å². The van der Waals surface area contributed by atoms with E-state index in [0.717, 1.165) is 15.8 Å². The zero-order valence-electron chi connectivity index (χ0n) is 26.4. The van der Waals surface area contributed by atoms with Gasteiger partial charge >= 0.3 is 0 Å². The highest BCUT2D eigenvalue weighted by molar-refractivity contribution is 9.10. The topological polar surface area (TPSA) is 9.86 Å². The lowest BCUT2D eigenvalue weighted by molar-refractivity contribution is 1.12. The van der Waals surface area contributed by atoms with Gasteiger partial charge < -0.3 is 9.13 Å². The van der Waals surface area contributed by atoms with E-state index in [1.165, 1.54) is 86.7 Å². The Morgan fingerprint density at radius 1 is 0.327 bits per heavy atom. The molecule has 0 atom stereocenters. The molecular weight excluding hydrogens is 660 g/mol. The van der Waals surface area contributed by atoms with Crippen LogP contribution in [0.3, 0.4) is 0 Å². The molecule has 2 heterocycles. The predicted octanol–water partition coefficient (Wildman–Crippen LogP) is 13.3. The summed E-state index contributed by atoms with van der Waals surface area (Å²) in [5.74, 6) is 0. The summed E-state index contributed by atoms with van der Waals surface area (Å²) in [6, 6.07) is 60.1. The van der Waals surface area contributed by atoms with Gasteiger partial charge in [-0.05, 0) is 96.1 Å². The minimum Gasteiger partial charge on any atom is -0.308 e. The second kappa shape index (κ2) is 10.1. The summed E-state index contributed by atoms with van der Waals surface area (Å²) in [5.41, 5.74) is 7.03. The Bertz CT molecular complexity index is 3180. The number of rotatable bonds is 2. The molecule has 0 saturated heterocycles. The average Bonchev–Trinajstić information content (AvgIpc) is 3.65. The maximum absolute atomic E-state index is 4.24. The van der Waals surface area contributed by atoms with E-state index in [4.69, 9.17) is 0 Å². The Morgan fingerprint density at radius 2 is 0.837 bits per heavy atom. The number of aromatic nitrogens is 2. The van der Waals surface area contributed by atoms with Crippen LogP contribution in [0.1, 0.15) is 0 Å². The summed E-state index contributed by atoms with van der Waals surface area (Å²) in [7, 11) is 0. The van der Waals surface area contributed by atoms with Crippen molar-refractivity contribution in [2.75, 3.05) is 0 Å². The molecule has 0 amide bonds. The van der Waals surface area contributed by atoms with E-state index in [9.17, 15) is 0 Å². The van der Waals surface area contributed by atoms with Crippen molar-refractivity contribution in [2.45, 2.75) is 0 Å². The van der Waals surface area contributed by atoms with E-state index in [0.29, 0.717) is 0 Å². The molecule has 11 rings (SSSR count). The van der Waals surface area contributed by atoms with Crippen molar-refractivity contribution >= 4 is 103 Å². The van der Waals surface area contributed by atoms with Crippen LogP contribution in [0.25, 0.3) is 98.1 Å². The molecule has 2 nitrogen and oxygen atoms in total. The maximum Gasteiger partial charge on any atom is 0.0656 e. The van der Waals surface area contributed by atoms with E-state index in [1.54, 1.807) is 0 Å². The van der Waals surface area contributed by atoms with Crippen molar-refractivity contribution in [3.63, 3.8) is 0 Å². The van der Waals surface area contributed by atoms with E-state index in [1.807, 2.05) is 0 Å². The lowest BCUT2D eigenvalue weighted by Gasteiger charge is -2.17. The Hall–Kier alpha value is -5.90. The summed E-state index contributed by atoms with van der Waals surface area (Å²) in [5, 5.41) is 15.0. The highest BCUT2D eigenvalue weighted by Gasteiger charge is 2.22. The number of hydrogen-bond acceptors (Lipinski definition) is 0. The van der Waals surface area contributed by atoms with Gasteiger partial charge in [-0.15, -0.1) is 0 Å². The molecule has 0 spiro atoms. The van der Waals surface area contributed by atoms with Gasteiger partial charge in [0.05, 0.1) is 37.9 Å². The molecule has 49 heavy (non-hydrogen) atoms. The van der Waals surface area contributed by atoms with Crippen molar-refractivity contribution in [3.8, 4) is 11.4 Å². The first-order valence-electron chi connectivity index (χ1n) is 16.7. The van der Waals surface area contributed by atoms with Gasteiger partial charge in [-0.1, -0.05) is 121 Å². The van der Waals surface area contributed by atoms with Gasteiger partial charge in [0.2, 0.25) is 0 Å². The van der Waals surface area contributed by atoms with E-state index >= 15 is 0 Å². The predicted molar refractivity (Wildman–Crippen MR) is 213 cm³/mol. The van der Waals surface area contributed by atoms with Crippen molar-refractivity contribution in [1.82, 2.24) is 9.13 Å². The zero-order chi connectivity index (χ0) is 32.2. The van der Waals surface area contributed by atoms with Crippen molar-refractivity contribution < 1.29 is 0 Å². The fourth-order valence-electron chi connectivity index (χ4n) is 8.30. The highest BCUT2D eigenvalue weighted by Crippen LogP contribution is 2.44. The van der Waals surface area contributed by atoms with Crippen LogP contribution in [0, 0.1) is 0 Å². The third-order valence-corrected chi connectivity index (χ3v) is 11.3. The SMILES string of the molecule is Brc1c(-n2c3cc4ccccc4cc3c3c4ccccc4ccc32)cccc1-n1c2cc3ccccc3cc2c2ccc3ccccc3c21. The summed E-state index contributed by atoms with van der Waals surface area (Å²) in [6.45, 7) is 0. The number of benzene rings is 9. The smallest absolute Gasteiger partial charge is 0.0656 e. The molecule has 0 N–H and O–H groups in total. The van der Waals surface area contributed by atoms with Crippen LogP contribution in [0.15, 0.2) is 168 Å². The fraction of sp³-hybridized carbons (Fsp3) is 0. The van der Waals surface area contributed by atoms with Gasteiger partial charge in [0.1, 0.15) is 0 Å². The van der Waals surface area contributed by atoms with Crippen LogP contribution in [0.2, 0.25) is 0 Å². The van der Waals surface area contributed by atoms with Crippen molar-refractivity contribution in [2.24, 2.45) is 0 Å². The van der Waals surface area contributed by atoms with Crippen LogP contribution in [0.4, 0.5) is 0 Å². The van der Waals surface area contributed by atoms with Gasteiger partial charge in [0, 0.05) is 26.9 Å². The number of hydrogen-bond donors (Lipinski definition) is 0. The molecule has 11 aromatic rings. The number of fused-ring (bicyclic) bond motifs is 12. The lowest BCUT2D eigenvalue weighted by Crippen LogP contribution is -2.01. The molecule has 2 aromatic heterocycles. The van der Waals surface area contributed by atoms with Gasteiger partial charge in [-0.25, -0.2) is 0 Å². The Kier molecular flexibility index (Phi) is 5.56. The fourth-order valence-corrected chi connectivity index (χ4v) is 8.92. The van der Waals surface area contributed by atoms with Crippen molar-refractivity contribution in [3.05, 3.63) is 168 Å². The normalized spacial score (nSPS) is 12.2. The van der Waals surface area contributed by atoms with Crippen LogP contribution in [-0.2, 0) is 0 Å². The first kappa shape index (κ1) is 27.1. The largest absolute Gasteiger partial charge is 0.308 e. The summed E-state index contributed by atoms with van der Waals surface area (Å²) in [6.07, 6.45) is 0. The molecule has 0 saturated carbocycles. The molecule has 9 aromatic carbocycles. The number of halogens is 1. The molecule has 0 bridgehead atoms. The second-order valence-electron chi connectivity index (χ2n) is 13.1. The van der Waals surface area contributed by atoms with Crippen LogP contribution < -0.4 is 0 Å². The molecular formula is C46H27BrN2. The molecule has 0 aliphatic heterocycles. The molecule has 228 valence electrons. The van der Waals surface area contributed by atoms with Gasteiger partial charge in [-0.2, -0.15) is 0 Å². The maximum atomic E-state index is 4.24. The second-order valence-corrected chi connectivity index (χ2v) is 13.9. The monoisotopic (exact) mass is 686 g/mol. The molecule has 0 aliphatic rings. The van der Waals surface area contributed by atoms with E-state index in [-0.39, 0.29) is 0 Å². The van der Waals surface area contributed by atoms with E-state index < -0.39 is 0 Å². The molecule has 0 fully saturated rings. The van der Waals surface area contributed by atoms with Gasteiger partial charge in [-0.3, -0.25) is 0 Å². The highest BCUT2D eigenvalue weighted by atomic mass is 79.9. The van der Waals surface area contributed by atoms with Gasteiger partial charge in [0.15, 0.2) is 0 Å². The first-order valence-corrected chi connectivity index (χ1v) is 17.5. The zero-order valence-corrected chi connectivity index (χ0v) is 27.9. The third-order valence-electron chi connectivity index (χ3n) is 10.5. The van der Waals surface area contributed by atoms with Crippen molar-refractivity contribution in [1.29, 1.82) is 0 Å². The summed E-state index contributed by atoms with van der Waals surface area (Å²) in [4.78, 5) is 0. The Balaban J connectivity index is 1.29. The quantitative estimate of drug-likeness (QED) is 0.171. The molecule has 0 aliphatic carbocycles. The Labute approximate surface area is 290 Å². The average molecular weight is 688 g/mol. The lowest BCUT2D eigenvalue weighted by atomic mass is 10.0.